The number of amides is 4. The Morgan fingerprint density at radius 2 is 2.00 bits per heavy atom. The number of nitrogens with zero attached hydrogens (tertiary/aromatic N) is 1. The SMILES string of the molecule is Cc1ccc(NC(=O)COC(=O)CCN2C(=O)NC(C)(C)C2=O)cc1F. The molecule has 26 heavy (non-hydrogen) atoms. The van der Waals surface area contributed by atoms with Crippen LogP contribution in [0, 0.1) is 12.7 Å². The number of ether oxygens (including phenoxy) is 1. The van der Waals surface area contributed by atoms with E-state index in [2.05, 4.69) is 10.6 Å². The number of esters is 1. The Bertz CT molecular complexity index is 763. The molecule has 0 radical (unpaired) electrons. The fourth-order valence-electron chi connectivity index (χ4n) is 2.31. The number of anilines is 1. The first-order chi connectivity index (χ1) is 12.1. The van der Waals surface area contributed by atoms with Crippen molar-refractivity contribution in [3.63, 3.8) is 0 Å². The molecule has 0 bridgehead atoms. The number of nitrogens with one attached hydrogen (secondary N) is 2. The number of rotatable bonds is 6. The number of carbonyl (C=O) groups excluding carboxylic acids is 4. The average Bonchev–Trinajstić information content (AvgIpc) is 2.75. The van der Waals surface area contributed by atoms with Gasteiger partial charge in [-0.1, -0.05) is 6.07 Å². The zero-order valence-electron chi connectivity index (χ0n) is 14.7. The van der Waals surface area contributed by atoms with Gasteiger partial charge >= 0.3 is 12.0 Å². The second-order valence-electron chi connectivity index (χ2n) is 6.43. The number of aryl methyl sites for hydroxylation is 1. The van der Waals surface area contributed by atoms with Gasteiger partial charge in [0.05, 0.1) is 6.42 Å². The van der Waals surface area contributed by atoms with Crippen molar-refractivity contribution in [2.24, 2.45) is 0 Å². The van der Waals surface area contributed by atoms with Gasteiger partial charge in [-0.3, -0.25) is 19.3 Å². The molecule has 140 valence electrons. The van der Waals surface area contributed by atoms with Gasteiger partial charge < -0.3 is 15.4 Å². The summed E-state index contributed by atoms with van der Waals surface area (Å²) in [6.07, 6.45) is -0.234. The van der Waals surface area contributed by atoms with Crippen LogP contribution in [0.4, 0.5) is 14.9 Å². The van der Waals surface area contributed by atoms with E-state index in [4.69, 9.17) is 4.74 Å². The van der Waals surface area contributed by atoms with Crippen molar-refractivity contribution in [1.29, 1.82) is 0 Å². The van der Waals surface area contributed by atoms with Crippen molar-refractivity contribution in [3.8, 4) is 0 Å². The Kier molecular flexibility index (Phi) is 5.59. The van der Waals surface area contributed by atoms with E-state index in [1.807, 2.05) is 0 Å². The van der Waals surface area contributed by atoms with E-state index in [1.54, 1.807) is 20.8 Å². The molecule has 2 rings (SSSR count). The molecule has 2 N–H and O–H groups in total. The Labute approximate surface area is 149 Å². The summed E-state index contributed by atoms with van der Waals surface area (Å²) < 4.78 is 18.2. The summed E-state index contributed by atoms with van der Waals surface area (Å²) in [5, 5.41) is 4.90. The van der Waals surface area contributed by atoms with Crippen LogP contribution < -0.4 is 10.6 Å². The van der Waals surface area contributed by atoms with E-state index in [0.717, 1.165) is 11.0 Å². The largest absolute Gasteiger partial charge is 0.456 e. The van der Waals surface area contributed by atoms with E-state index in [1.165, 1.54) is 12.1 Å². The second kappa shape index (κ2) is 7.51. The molecule has 9 heteroatoms. The van der Waals surface area contributed by atoms with Gasteiger partial charge in [-0.05, 0) is 38.5 Å². The van der Waals surface area contributed by atoms with E-state index in [-0.39, 0.29) is 18.7 Å². The molecule has 1 saturated heterocycles. The highest BCUT2D eigenvalue weighted by molar-refractivity contribution is 6.06. The maximum atomic E-state index is 13.4. The van der Waals surface area contributed by atoms with Gasteiger partial charge in [0.15, 0.2) is 6.61 Å². The zero-order chi connectivity index (χ0) is 19.5. The van der Waals surface area contributed by atoms with Gasteiger partial charge in [0.25, 0.3) is 11.8 Å². The second-order valence-corrected chi connectivity index (χ2v) is 6.43. The highest BCUT2D eigenvalue weighted by Crippen LogP contribution is 2.17. The van der Waals surface area contributed by atoms with Crippen LogP contribution in [0.25, 0.3) is 0 Å². The number of benzene rings is 1. The molecule has 0 aliphatic carbocycles. The third kappa shape index (κ3) is 4.56. The van der Waals surface area contributed by atoms with Crippen molar-refractivity contribution >= 4 is 29.5 Å². The van der Waals surface area contributed by atoms with Crippen LogP contribution in [0.2, 0.25) is 0 Å². The van der Waals surface area contributed by atoms with Crippen molar-refractivity contribution in [1.82, 2.24) is 10.2 Å². The lowest BCUT2D eigenvalue weighted by molar-refractivity contribution is -0.147. The lowest BCUT2D eigenvalue weighted by Crippen LogP contribution is -2.40. The smallest absolute Gasteiger partial charge is 0.325 e. The zero-order valence-corrected chi connectivity index (χ0v) is 14.7. The van der Waals surface area contributed by atoms with Gasteiger partial charge in [-0.15, -0.1) is 0 Å². The Balaban J connectivity index is 1.76. The molecule has 1 heterocycles. The summed E-state index contributed by atoms with van der Waals surface area (Å²) in [7, 11) is 0. The topological polar surface area (TPSA) is 105 Å². The van der Waals surface area contributed by atoms with Gasteiger partial charge in [0, 0.05) is 12.2 Å². The molecule has 1 aromatic rings. The maximum Gasteiger partial charge on any atom is 0.325 e. The number of imide groups is 1. The van der Waals surface area contributed by atoms with Gasteiger partial charge in [-0.25, -0.2) is 9.18 Å². The molecular formula is C17H20FN3O5. The summed E-state index contributed by atoms with van der Waals surface area (Å²) in [6, 6.07) is 3.62. The average molecular weight is 365 g/mol. The summed E-state index contributed by atoms with van der Waals surface area (Å²) >= 11 is 0. The third-order valence-electron chi connectivity index (χ3n) is 3.80. The number of hydrogen-bond acceptors (Lipinski definition) is 5. The highest BCUT2D eigenvalue weighted by atomic mass is 19.1. The standard InChI is InChI=1S/C17H20FN3O5/c1-10-4-5-11(8-12(10)18)19-13(22)9-26-14(23)6-7-21-15(24)17(2,3)20-16(21)25/h4-5,8H,6-7,9H2,1-3H3,(H,19,22)(H,20,25). The summed E-state index contributed by atoms with van der Waals surface area (Å²) in [5.74, 6) is -2.26. The third-order valence-corrected chi connectivity index (χ3v) is 3.80. The van der Waals surface area contributed by atoms with E-state index in [0.29, 0.717) is 5.56 Å². The number of hydrogen-bond donors (Lipinski definition) is 2. The summed E-state index contributed by atoms with van der Waals surface area (Å²) in [5.41, 5.74) is -0.321. The molecule has 1 aromatic carbocycles. The molecule has 1 aliphatic rings. The predicted molar refractivity (Wildman–Crippen MR) is 89.7 cm³/mol. The fourth-order valence-corrected chi connectivity index (χ4v) is 2.31. The van der Waals surface area contributed by atoms with Crippen molar-refractivity contribution in [2.75, 3.05) is 18.5 Å². The summed E-state index contributed by atoms with van der Waals surface area (Å²) in [4.78, 5) is 48.0. The van der Waals surface area contributed by atoms with Crippen LogP contribution >= 0.6 is 0 Å². The van der Waals surface area contributed by atoms with Crippen molar-refractivity contribution in [2.45, 2.75) is 32.7 Å². The van der Waals surface area contributed by atoms with Gasteiger partial charge in [0.1, 0.15) is 11.4 Å². The minimum atomic E-state index is -1.01. The van der Waals surface area contributed by atoms with Crippen LogP contribution in [0.5, 0.6) is 0 Å². The van der Waals surface area contributed by atoms with Crippen LogP contribution in [0.3, 0.4) is 0 Å². The minimum Gasteiger partial charge on any atom is -0.456 e. The molecule has 1 fully saturated rings. The molecular weight excluding hydrogens is 345 g/mol. The van der Waals surface area contributed by atoms with E-state index in [9.17, 15) is 23.6 Å². The first kappa shape index (κ1) is 19.4. The molecule has 4 amide bonds. The fraction of sp³-hybridized carbons (Fsp3) is 0.412. The lowest BCUT2D eigenvalue weighted by atomic mass is 10.1. The lowest BCUT2D eigenvalue weighted by Gasteiger charge is -2.15. The monoisotopic (exact) mass is 365 g/mol. The molecule has 0 spiro atoms. The summed E-state index contributed by atoms with van der Waals surface area (Å²) in [6.45, 7) is 4.01. The first-order valence-electron chi connectivity index (χ1n) is 7.96. The van der Waals surface area contributed by atoms with Crippen LogP contribution in [0.1, 0.15) is 25.8 Å². The molecule has 0 unspecified atom stereocenters. The number of carbonyl (C=O) groups is 4. The Hall–Kier alpha value is -2.97. The number of halogens is 1. The molecule has 8 nitrogen and oxygen atoms in total. The molecule has 0 atom stereocenters. The van der Waals surface area contributed by atoms with Crippen molar-refractivity contribution in [3.05, 3.63) is 29.6 Å². The van der Waals surface area contributed by atoms with Gasteiger partial charge in [0.2, 0.25) is 0 Å². The maximum absolute atomic E-state index is 13.4. The molecule has 0 aromatic heterocycles. The van der Waals surface area contributed by atoms with Crippen molar-refractivity contribution < 1.29 is 28.3 Å². The molecule has 1 aliphatic heterocycles. The van der Waals surface area contributed by atoms with E-state index < -0.39 is 41.8 Å². The van der Waals surface area contributed by atoms with Crippen LogP contribution in [0.15, 0.2) is 18.2 Å². The Morgan fingerprint density at radius 1 is 1.31 bits per heavy atom. The first-order valence-corrected chi connectivity index (χ1v) is 7.96. The predicted octanol–water partition coefficient (Wildman–Crippen LogP) is 1.34. The normalized spacial score (nSPS) is 15.6. The quantitative estimate of drug-likeness (QED) is 0.585. The van der Waals surface area contributed by atoms with Gasteiger partial charge in [-0.2, -0.15) is 0 Å². The molecule has 0 saturated carbocycles. The van der Waals surface area contributed by atoms with E-state index >= 15 is 0 Å². The Morgan fingerprint density at radius 3 is 2.58 bits per heavy atom. The van der Waals surface area contributed by atoms with Crippen LogP contribution in [-0.2, 0) is 19.1 Å². The number of urea groups is 1. The highest BCUT2D eigenvalue weighted by Gasteiger charge is 2.44. The minimum absolute atomic E-state index is 0.141. The van der Waals surface area contributed by atoms with Crippen LogP contribution in [-0.4, -0.2) is 47.4 Å².